The average Bonchev–Trinajstić information content (AvgIpc) is 2.58. The van der Waals surface area contributed by atoms with Crippen LogP contribution in [0.15, 0.2) is 30.3 Å². The summed E-state index contributed by atoms with van der Waals surface area (Å²) >= 11 is 0. The second kappa shape index (κ2) is 8.86. The predicted octanol–water partition coefficient (Wildman–Crippen LogP) is 3.46. The molecule has 1 heterocycles. The number of hydrogen-bond acceptors (Lipinski definition) is 5. The second-order valence-corrected chi connectivity index (χ2v) is 5.50. The van der Waals surface area contributed by atoms with Crippen molar-refractivity contribution in [3.05, 3.63) is 41.9 Å². The Balaban J connectivity index is 2.05. The lowest BCUT2D eigenvalue weighted by Crippen LogP contribution is -2.25. The number of methoxy groups -OCH3 is 1. The number of benzene rings is 1. The van der Waals surface area contributed by atoms with Crippen molar-refractivity contribution in [2.75, 3.05) is 19.0 Å². The summed E-state index contributed by atoms with van der Waals surface area (Å²) in [5, 5.41) is 6.07. The minimum Gasteiger partial charge on any atom is -0.497 e. The molecular weight excluding hydrogens is 304 g/mol. The molecule has 2 rings (SSSR count). The van der Waals surface area contributed by atoms with E-state index in [1.54, 1.807) is 20.1 Å². The molecule has 0 unspecified atom stereocenters. The number of hydrogen-bond donors (Lipinski definition) is 2. The fourth-order valence-electron chi connectivity index (χ4n) is 2.24. The van der Waals surface area contributed by atoms with Crippen LogP contribution in [-0.4, -0.2) is 29.5 Å². The lowest BCUT2D eigenvalue weighted by molar-refractivity contribution is 0.0947. The van der Waals surface area contributed by atoms with Crippen LogP contribution in [0.2, 0.25) is 0 Å². The zero-order chi connectivity index (χ0) is 17.4. The molecule has 0 aliphatic rings. The van der Waals surface area contributed by atoms with Crippen molar-refractivity contribution >= 4 is 17.4 Å². The molecule has 128 valence electrons. The molecule has 0 spiro atoms. The van der Waals surface area contributed by atoms with Gasteiger partial charge in [0, 0.05) is 18.3 Å². The van der Waals surface area contributed by atoms with Crippen molar-refractivity contribution in [2.24, 2.45) is 0 Å². The van der Waals surface area contributed by atoms with Crippen LogP contribution in [0.4, 0.5) is 11.5 Å². The summed E-state index contributed by atoms with van der Waals surface area (Å²) in [6.45, 7) is 4.57. The number of carbonyl (C=O) groups excluding carboxylic acids is 1. The van der Waals surface area contributed by atoms with Crippen LogP contribution < -0.4 is 15.4 Å². The van der Waals surface area contributed by atoms with Crippen molar-refractivity contribution < 1.29 is 9.53 Å². The fourth-order valence-corrected chi connectivity index (χ4v) is 2.24. The Labute approximate surface area is 142 Å². The van der Waals surface area contributed by atoms with Crippen LogP contribution in [0.1, 0.15) is 42.5 Å². The number of amides is 1. The number of nitrogens with one attached hydrogen (secondary N) is 2. The van der Waals surface area contributed by atoms with Crippen LogP contribution >= 0.6 is 0 Å². The van der Waals surface area contributed by atoms with Crippen LogP contribution in [-0.2, 0) is 0 Å². The van der Waals surface area contributed by atoms with Gasteiger partial charge in [0.25, 0.3) is 5.91 Å². The predicted molar refractivity (Wildman–Crippen MR) is 94.9 cm³/mol. The van der Waals surface area contributed by atoms with E-state index < -0.39 is 0 Å². The summed E-state index contributed by atoms with van der Waals surface area (Å²) in [7, 11) is 1.63. The number of unbranched alkanes of at least 4 members (excludes halogenated alkanes) is 2. The number of aromatic nitrogens is 2. The van der Waals surface area contributed by atoms with Gasteiger partial charge in [-0.05, 0) is 37.6 Å². The van der Waals surface area contributed by atoms with Crippen molar-refractivity contribution in [1.82, 2.24) is 15.3 Å². The molecule has 0 aliphatic carbocycles. The highest BCUT2D eigenvalue weighted by Crippen LogP contribution is 2.19. The number of rotatable bonds is 8. The molecule has 2 aromatic rings. The molecule has 0 aliphatic heterocycles. The number of ether oxygens (including phenoxy) is 1. The molecule has 0 atom stereocenters. The minimum atomic E-state index is -0.172. The van der Waals surface area contributed by atoms with Gasteiger partial charge >= 0.3 is 0 Å². The SMILES string of the molecule is CCCCCNC(=O)c1cc(Nc2ccc(OC)cc2)nc(C)n1. The Hall–Kier alpha value is -2.63. The lowest BCUT2D eigenvalue weighted by atomic mass is 10.2. The monoisotopic (exact) mass is 328 g/mol. The summed E-state index contributed by atoms with van der Waals surface area (Å²) in [6.07, 6.45) is 3.20. The van der Waals surface area contributed by atoms with Crippen molar-refractivity contribution in [1.29, 1.82) is 0 Å². The molecule has 0 radical (unpaired) electrons. The molecule has 24 heavy (non-hydrogen) atoms. The molecule has 1 amide bonds. The Kier molecular flexibility index (Phi) is 6.54. The van der Waals surface area contributed by atoms with Gasteiger partial charge in [0.2, 0.25) is 0 Å². The maximum absolute atomic E-state index is 12.2. The van der Waals surface area contributed by atoms with Gasteiger partial charge in [-0.15, -0.1) is 0 Å². The summed E-state index contributed by atoms with van der Waals surface area (Å²) in [5.74, 6) is 1.75. The third kappa shape index (κ3) is 5.22. The highest BCUT2D eigenvalue weighted by Gasteiger charge is 2.10. The molecule has 6 nitrogen and oxygen atoms in total. The van der Waals surface area contributed by atoms with E-state index in [2.05, 4.69) is 27.5 Å². The molecule has 6 heteroatoms. The van der Waals surface area contributed by atoms with Gasteiger partial charge in [0.1, 0.15) is 23.1 Å². The van der Waals surface area contributed by atoms with Gasteiger partial charge in [-0.25, -0.2) is 9.97 Å². The topological polar surface area (TPSA) is 76.1 Å². The first-order valence-electron chi connectivity index (χ1n) is 8.17. The first-order chi connectivity index (χ1) is 11.6. The second-order valence-electron chi connectivity index (χ2n) is 5.50. The van der Waals surface area contributed by atoms with Crippen molar-refractivity contribution in [3.63, 3.8) is 0 Å². The Morgan fingerprint density at radius 3 is 2.58 bits per heavy atom. The molecule has 0 saturated heterocycles. The van der Waals surface area contributed by atoms with E-state index in [1.807, 2.05) is 24.3 Å². The zero-order valence-corrected chi connectivity index (χ0v) is 14.4. The number of carbonyl (C=O) groups is 1. The first kappa shape index (κ1) is 17.7. The smallest absolute Gasteiger partial charge is 0.270 e. The molecule has 1 aromatic carbocycles. The molecule has 0 bridgehead atoms. The van der Waals surface area contributed by atoms with Crippen LogP contribution in [0, 0.1) is 6.92 Å². The quantitative estimate of drug-likeness (QED) is 0.726. The van der Waals surface area contributed by atoms with Gasteiger partial charge in [0.15, 0.2) is 0 Å². The Morgan fingerprint density at radius 1 is 1.17 bits per heavy atom. The number of nitrogens with zero attached hydrogens (tertiary/aromatic N) is 2. The van der Waals surface area contributed by atoms with E-state index in [9.17, 15) is 4.79 Å². The van der Waals surface area contributed by atoms with Crippen LogP contribution in [0.3, 0.4) is 0 Å². The molecule has 2 N–H and O–H groups in total. The summed E-state index contributed by atoms with van der Waals surface area (Å²) < 4.78 is 5.14. The van der Waals surface area contributed by atoms with Crippen molar-refractivity contribution in [3.8, 4) is 5.75 Å². The molecular formula is C18H24N4O2. The van der Waals surface area contributed by atoms with Gasteiger partial charge < -0.3 is 15.4 Å². The highest BCUT2D eigenvalue weighted by molar-refractivity contribution is 5.93. The summed E-state index contributed by atoms with van der Waals surface area (Å²) in [5.41, 5.74) is 1.23. The third-order valence-corrected chi connectivity index (χ3v) is 3.50. The summed E-state index contributed by atoms with van der Waals surface area (Å²) in [6, 6.07) is 9.16. The Morgan fingerprint density at radius 2 is 1.92 bits per heavy atom. The largest absolute Gasteiger partial charge is 0.497 e. The van der Waals surface area contributed by atoms with Gasteiger partial charge in [-0.1, -0.05) is 19.8 Å². The molecule has 1 aromatic heterocycles. The molecule has 0 fully saturated rings. The maximum Gasteiger partial charge on any atom is 0.270 e. The number of aryl methyl sites for hydroxylation is 1. The third-order valence-electron chi connectivity index (χ3n) is 3.50. The van der Waals surface area contributed by atoms with Gasteiger partial charge in [-0.2, -0.15) is 0 Å². The Bertz CT molecular complexity index is 671. The van der Waals surface area contributed by atoms with E-state index in [1.165, 1.54) is 0 Å². The van der Waals surface area contributed by atoms with Gasteiger partial charge in [-0.3, -0.25) is 4.79 Å². The van der Waals surface area contributed by atoms with Crippen LogP contribution in [0.5, 0.6) is 5.75 Å². The number of anilines is 2. The lowest BCUT2D eigenvalue weighted by Gasteiger charge is -2.09. The normalized spacial score (nSPS) is 10.3. The average molecular weight is 328 g/mol. The van der Waals surface area contributed by atoms with E-state index in [0.29, 0.717) is 23.9 Å². The standard InChI is InChI=1S/C18H24N4O2/c1-4-5-6-11-19-18(23)16-12-17(21-13(2)20-16)22-14-7-9-15(24-3)10-8-14/h7-10,12H,4-6,11H2,1-3H3,(H,19,23)(H,20,21,22). The van der Waals surface area contributed by atoms with E-state index in [4.69, 9.17) is 4.74 Å². The minimum absolute atomic E-state index is 0.172. The summed E-state index contributed by atoms with van der Waals surface area (Å²) in [4.78, 5) is 20.8. The van der Waals surface area contributed by atoms with Crippen molar-refractivity contribution in [2.45, 2.75) is 33.1 Å². The van der Waals surface area contributed by atoms with Crippen LogP contribution in [0.25, 0.3) is 0 Å². The highest BCUT2D eigenvalue weighted by atomic mass is 16.5. The first-order valence-corrected chi connectivity index (χ1v) is 8.17. The molecule has 0 saturated carbocycles. The van der Waals surface area contributed by atoms with E-state index in [0.717, 1.165) is 30.7 Å². The maximum atomic E-state index is 12.2. The van der Waals surface area contributed by atoms with E-state index in [-0.39, 0.29) is 5.91 Å². The van der Waals surface area contributed by atoms with Gasteiger partial charge in [0.05, 0.1) is 7.11 Å². The fraction of sp³-hybridized carbons (Fsp3) is 0.389. The van der Waals surface area contributed by atoms with E-state index >= 15 is 0 Å². The zero-order valence-electron chi connectivity index (χ0n) is 14.4.